The van der Waals surface area contributed by atoms with Crippen LogP contribution in [0.1, 0.15) is 68.6 Å². The first-order chi connectivity index (χ1) is 16.4. The monoisotopic (exact) mass is 490 g/mol. The summed E-state index contributed by atoms with van der Waals surface area (Å²) in [6.45, 7) is 9.35. The Bertz CT molecular complexity index is 1040. The summed E-state index contributed by atoms with van der Waals surface area (Å²) in [6, 6.07) is 5.50. The maximum absolute atomic E-state index is 13.0. The zero-order valence-electron chi connectivity index (χ0n) is 20.8. The maximum atomic E-state index is 13.0. The number of hydrogen-bond donors (Lipinski definition) is 1. The van der Waals surface area contributed by atoms with Crippen LogP contribution in [0.2, 0.25) is 0 Å². The Morgan fingerprint density at radius 1 is 1.15 bits per heavy atom. The number of ether oxygens (including phenoxy) is 1. The van der Waals surface area contributed by atoms with Crippen molar-refractivity contribution in [3.05, 3.63) is 35.0 Å². The SMILES string of the molecule is CC.CCN(CC(=O)O)C(=O)c1ccc2c(c1)c1c(n2S(=O)CC)CCC(C2CCOCC2)C1. The smallest absolute Gasteiger partial charge is 0.323 e. The zero-order chi connectivity index (χ0) is 24.8. The third kappa shape index (κ3) is 5.38. The van der Waals surface area contributed by atoms with Gasteiger partial charge in [-0.25, -0.2) is 4.21 Å². The molecule has 1 fully saturated rings. The van der Waals surface area contributed by atoms with Crippen molar-refractivity contribution in [2.45, 2.75) is 59.8 Å². The van der Waals surface area contributed by atoms with Crippen LogP contribution in [0.15, 0.2) is 18.2 Å². The van der Waals surface area contributed by atoms with E-state index in [-0.39, 0.29) is 12.5 Å². The number of aromatic nitrogens is 1. The van der Waals surface area contributed by atoms with Crippen LogP contribution in [0, 0.1) is 11.8 Å². The number of carboxylic acids is 1. The predicted molar refractivity (Wildman–Crippen MR) is 136 cm³/mol. The number of hydrogen-bond acceptors (Lipinski definition) is 4. The van der Waals surface area contributed by atoms with Gasteiger partial charge in [0.05, 0.1) is 5.52 Å². The molecule has 0 bridgehead atoms. The number of likely N-dealkylation sites (N-methyl/N-ethyl adjacent to an activating group) is 1. The Kier molecular flexibility index (Phi) is 9.31. The fourth-order valence-electron chi connectivity index (χ4n) is 5.30. The highest BCUT2D eigenvalue weighted by Crippen LogP contribution is 2.40. The Labute approximate surface area is 205 Å². The van der Waals surface area contributed by atoms with Gasteiger partial charge < -0.3 is 14.7 Å². The lowest BCUT2D eigenvalue weighted by atomic mass is 9.75. The van der Waals surface area contributed by atoms with Crippen LogP contribution in [0.25, 0.3) is 10.9 Å². The minimum atomic E-state index is -1.15. The average molecular weight is 491 g/mol. The topological polar surface area (TPSA) is 88.8 Å². The molecule has 2 atom stereocenters. The van der Waals surface area contributed by atoms with Crippen molar-refractivity contribution in [1.82, 2.24) is 8.87 Å². The zero-order valence-corrected chi connectivity index (χ0v) is 21.7. The number of carbonyl (C=O) groups is 2. The number of carbonyl (C=O) groups excluding carboxylic acids is 1. The molecule has 4 rings (SSSR count). The summed E-state index contributed by atoms with van der Waals surface area (Å²) in [5, 5.41) is 10.1. The molecule has 0 saturated carbocycles. The molecule has 0 radical (unpaired) electrons. The van der Waals surface area contributed by atoms with Crippen molar-refractivity contribution in [2.24, 2.45) is 11.8 Å². The van der Waals surface area contributed by atoms with E-state index in [1.807, 2.05) is 36.9 Å². The molecular formula is C26H38N2O5S. The first-order valence-corrected chi connectivity index (χ1v) is 13.9. The molecule has 1 aliphatic carbocycles. The van der Waals surface area contributed by atoms with Gasteiger partial charge >= 0.3 is 5.97 Å². The first-order valence-electron chi connectivity index (χ1n) is 12.6. The second kappa shape index (κ2) is 12.0. The summed E-state index contributed by atoms with van der Waals surface area (Å²) in [7, 11) is -1.15. The molecule has 1 amide bonds. The minimum absolute atomic E-state index is 0.285. The number of fused-ring (bicyclic) bond motifs is 3. The number of benzene rings is 1. The van der Waals surface area contributed by atoms with E-state index in [1.165, 1.54) is 10.5 Å². The van der Waals surface area contributed by atoms with Crippen LogP contribution in [-0.4, -0.2) is 62.1 Å². The largest absolute Gasteiger partial charge is 0.480 e. The normalized spacial score (nSPS) is 19.1. The van der Waals surface area contributed by atoms with Gasteiger partial charge in [0, 0.05) is 42.2 Å². The van der Waals surface area contributed by atoms with E-state index in [4.69, 9.17) is 9.84 Å². The molecular weight excluding hydrogens is 452 g/mol. The van der Waals surface area contributed by atoms with Gasteiger partial charge in [0.25, 0.3) is 5.91 Å². The molecule has 34 heavy (non-hydrogen) atoms. The molecule has 1 N–H and O–H groups in total. The van der Waals surface area contributed by atoms with Crippen LogP contribution in [-0.2, 0) is 33.4 Å². The molecule has 1 aromatic heterocycles. The lowest BCUT2D eigenvalue weighted by Gasteiger charge is -2.33. The predicted octanol–water partition coefficient (Wildman–Crippen LogP) is 4.28. The summed E-state index contributed by atoms with van der Waals surface area (Å²) in [6.07, 6.45) is 5.08. The van der Waals surface area contributed by atoms with E-state index < -0.39 is 17.0 Å². The van der Waals surface area contributed by atoms with E-state index >= 15 is 0 Å². The van der Waals surface area contributed by atoms with Crippen LogP contribution < -0.4 is 0 Å². The molecule has 2 aliphatic rings. The Hall–Kier alpha value is -2.19. The summed E-state index contributed by atoms with van der Waals surface area (Å²) < 4.78 is 20.5. The van der Waals surface area contributed by atoms with Crippen molar-refractivity contribution >= 4 is 33.8 Å². The Balaban J connectivity index is 0.00000158. The van der Waals surface area contributed by atoms with E-state index in [9.17, 15) is 13.8 Å². The summed E-state index contributed by atoms with van der Waals surface area (Å²) in [5.74, 6) is 0.429. The molecule has 2 heterocycles. The number of amides is 1. The highest BCUT2D eigenvalue weighted by atomic mass is 32.2. The lowest BCUT2D eigenvalue weighted by Crippen LogP contribution is -2.35. The molecule has 188 valence electrons. The molecule has 7 nitrogen and oxygen atoms in total. The molecule has 1 aromatic carbocycles. The van der Waals surface area contributed by atoms with E-state index in [0.29, 0.717) is 29.7 Å². The summed E-state index contributed by atoms with van der Waals surface area (Å²) in [5.41, 5.74) is 3.73. The third-order valence-electron chi connectivity index (χ3n) is 6.98. The van der Waals surface area contributed by atoms with Crippen LogP contribution in [0.4, 0.5) is 0 Å². The fourth-order valence-corrected chi connectivity index (χ4v) is 6.39. The van der Waals surface area contributed by atoms with Gasteiger partial charge in [0.1, 0.15) is 17.5 Å². The van der Waals surface area contributed by atoms with Crippen molar-refractivity contribution in [1.29, 1.82) is 0 Å². The van der Waals surface area contributed by atoms with E-state index in [0.717, 1.165) is 61.9 Å². The van der Waals surface area contributed by atoms with Crippen molar-refractivity contribution in [3.8, 4) is 0 Å². The first kappa shape index (κ1) is 26.4. The molecule has 0 spiro atoms. The van der Waals surface area contributed by atoms with Crippen molar-refractivity contribution in [2.75, 3.05) is 32.1 Å². The van der Waals surface area contributed by atoms with E-state index in [2.05, 4.69) is 0 Å². The average Bonchev–Trinajstić information content (AvgIpc) is 3.21. The number of aliphatic carboxylic acids is 1. The molecule has 1 saturated heterocycles. The van der Waals surface area contributed by atoms with Crippen LogP contribution in [0.5, 0.6) is 0 Å². The summed E-state index contributed by atoms with van der Waals surface area (Å²) in [4.78, 5) is 25.5. The van der Waals surface area contributed by atoms with Crippen molar-refractivity contribution in [3.63, 3.8) is 0 Å². The Morgan fingerprint density at radius 3 is 2.47 bits per heavy atom. The molecule has 2 unspecified atom stereocenters. The van der Waals surface area contributed by atoms with E-state index in [1.54, 1.807) is 13.0 Å². The minimum Gasteiger partial charge on any atom is -0.480 e. The van der Waals surface area contributed by atoms with Gasteiger partial charge in [-0.1, -0.05) is 20.8 Å². The van der Waals surface area contributed by atoms with Crippen LogP contribution in [0.3, 0.4) is 0 Å². The van der Waals surface area contributed by atoms with Gasteiger partial charge in [-0.3, -0.25) is 13.6 Å². The second-order valence-electron chi connectivity index (χ2n) is 8.73. The highest BCUT2D eigenvalue weighted by molar-refractivity contribution is 7.83. The highest BCUT2D eigenvalue weighted by Gasteiger charge is 2.32. The summed E-state index contributed by atoms with van der Waals surface area (Å²) >= 11 is 0. The molecule has 2 aromatic rings. The Morgan fingerprint density at radius 2 is 1.85 bits per heavy atom. The molecule has 8 heteroatoms. The lowest BCUT2D eigenvalue weighted by molar-refractivity contribution is -0.137. The fraction of sp³-hybridized carbons (Fsp3) is 0.615. The number of nitrogens with zero attached hydrogens (tertiary/aromatic N) is 2. The quantitative estimate of drug-likeness (QED) is 0.626. The van der Waals surface area contributed by atoms with Crippen molar-refractivity contribution < 1.29 is 23.6 Å². The van der Waals surface area contributed by atoms with Gasteiger partial charge in [0.2, 0.25) is 0 Å². The number of rotatable bonds is 7. The van der Waals surface area contributed by atoms with Gasteiger partial charge in [-0.2, -0.15) is 0 Å². The van der Waals surface area contributed by atoms with Gasteiger partial charge in [-0.05, 0) is 74.6 Å². The molecule has 1 aliphatic heterocycles. The van der Waals surface area contributed by atoms with Gasteiger partial charge in [-0.15, -0.1) is 0 Å². The van der Waals surface area contributed by atoms with Gasteiger partial charge in [0.15, 0.2) is 0 Å². The maximum Gasteiger partial charge on any atom is 0.323 e. The third-order valence-corrected chi connectivity index (χ3v) is 8.30. The standard InChI is InChI=1S/C24H32N2O5S.C2H6/c1-3-25(15-23(27)28)24(29)18-6-8-22-20(14-18)19-13-17(16-9-11-31-12-10-16)5-7-21(19)26(22)32(30)4-2;1-2/h6,8,14,16-17H,3-5,7,9-13,15H2,1-2H3,(H,27,28);1-2H3. The number of carboxylic acid groups (broad SMARTS) is 1. The second-order valence-corrected chi connectivity index (χ2v) is 10.3. The van der Waals surface area contributed by atoms with Crippen LogP contribution >= 0.6 is 0 Å².